The summed E-state index contributed by atoms with van der Waals surface area (Å²) in [5.41, 5.74) is 3.83. The van der Waals surface area contributed by atoms with Crippen LogP contribution in [0.4, 0.5) is 0 Å². The molecule has 0 radical (unpaired) electrons. The van der Waals surface area contributed by atoms with Crippen LogP contribution >= 0.6 is 0 Å². The first-order chi connectivity index (χ1) is 15.1. The Labute approximate surface area is 179 Å². The molecule has 0 spiro atoms. The summed E-state index contributed by atoms with van der Waals surface area (Å²) < 4.78 is 12.8. The number of nitrogens with zero attached hydrogens (tertiary/aromatic N) is 5. The third-order valence-corrected chi connectivity index (χ3v) is 5.87. The van der Waals surface area contributed by atoms with Crippen LogP contribution in [0.5, 0.6) is 0 Å². The highest BCUT2D eigenvalue weighted by atomic mass is 16.5. The maximum atomic E-state index is 13.1. The Morgan fingerprint density at radius 2 is 1.71 bits per heavy atom. The van der Waals surface area contributed by atoms with E-state index in [4.69, 9.17) is 9.15 Å². The minimum atomic E-state index is -0.172. The van der Waals surface area contributed by atoms with Gasteiger partial charge in [-0.3, -0.25) is 9.59 Å². The van der Waals surface area contributed by atoms with Crippen molar-refractivity contribution >= 4 is 11.8 Å². The van der Waals surface area contributed by atoms with Gasteiger partial charge < -0.3 is 19.0 Å². The van der Waals surface area contributed by atoms with E-state index in [1.807, 2.05) is 6.92 Å². The van der Waals surface area contributed by atoms with E-state index in [9.17, 15) is 9.59 Å². The number of carbonyl (C=O) groups is 2. The molecule has 0 saturated carbocycles. The third-order valence-electron chi connectivity index (χ3n) is 5.87. The Hall–Kier alpha value is -3.46. The smallest absolute Gasteiger partial charge is 0.276 e. The molecule has 0 unspecified atom stereocenters. The number of benzene rings is 1. The van der Waals surface area contributed by atoms with Crippen LogP contribution in [0.2, 0.25) is 0 Å². The fourth-order valence-electron chi connectivity index (χ4n) is 3.99. The van der Waals surface area contributed by atoms with Crippen molar-refractivity contribution in [3.05, 3.63) is 70.9 Å². The minimum Gasteiger partial charge on any atom is -0.472 e. The van der Waals surface area contributed by atoms with Gasteiger partial charge in [-0.15, -0.1) is 5.10 Å². The number of carbonyl (C=O) groups excluding carboxylic acids is 2. The Kier molecular flexibility index (Phi) is 5.03. The minimum absolute atomic E-state index is 0.0857. The zero-order valence-corrected chi connectivity index (χ0v) is 17.2. The maximum absolute atomic E-state index is 13.1. The van der Waals surface area contributed by atoms with Crippen LogP contribution in [0.25, 0.3) is 0 Å². The van der Waals surface area contributed by atoms with Gasteiger partial charge in [-0.1, -0.05) is 35.0 Å². The molecule has 0 bridgehead atoms. The first-order valence-electron chi connectivity index (χ1n) is 10.3. The number of aryl methyl sites for hydroxylation is 1. The van der Waals surface area contributed by atoms with Gasteiger partial charge >= 0.3 is 0 Å². The van der Waals surface area contributed by atoms with Crippen LogP contribution in [0.3, 0.4) is 0 Å². The zero-order chi connectivity index (χ0) is 21.4. The van der Waals surface area contributed by atoms with Crippen molar-refractivity contribution in [1.29, 1.82) is 0 Å². The Morgan fingerprint density at radius 1 is 1.00 bits per heavy atom. The summed E-state index contributed by atoms with van der Waals surface area (Å²) >= 11 is 0. The van der Waals surface area contributed by atoms with E-state index in [1.54, 1.807) is 20.5 Å². The highest BCUT2D eigenvalue weighted by Gasteiger charge is 2.32. The summed E-state index contributed by atoms with van der Waals surface area (Å²) in [4.78, 5) is 29.0. The highest BCUT2D eigenvalue weighted by molar-refractivity contribution is 5.95. The van der Waals surface area contributed by atoms with Crippen LogP contribution < -0.4 is 0 Å². The van der Waals surface area contributed by atoms with Gasteiger partial charge in [0.15, 0.2) is 5.69 Å². The lowest BCUT2D eigenvalue weighted by Crippen LogP contribution is -2.50. The van der Waals surface area contributed by atoms with Crippen LogP contribution in [0, 0.1) is 6.92 Å². The molecule has 2 aliphatic heterocycles. The molecule has 4 heterocycles. The number of ether oxygens (including phenoxy) is 1. The second kappa shape index (κ2) is 7.99. The molecule has 0 aliphatic carbocycles. The molecule has 31 heavy (non-hydrogen) atoms. The van der Waals surface area contributed by atoms with Gasteiger partial charge in [0.1, 0.15) is 12.4 Å². The van der Waals surface area contributed by atoms with Crippen LogP contribution in [0.15, 0.2) is 47.3 Å². The van der Waals surface area contributed by atoms with Gasteiger partial charge in [-0.05, 0) is 18.6 Å². The van der Waals surface area contributed by atoms with E-state index in [1.165, 1.54) is 18.1 Å². The average molecular weight is 421 g/mol. The van der Waals surface area contributed by atoms with Crippen molar-refractivity contribution in [2.45, 2.75) is 26.2 Å². The Balaban J connectivity index is 1.24. The normalized spacial score (nSPS) is 18.7. The maximum Gasteiger partial charge on any atom is 0.276 e. The van der Waals surface area contributed by atoms with Crippen LogP contribution in [0.1, 0.15) is 43.8 Å². The molecular weight excluding hydrogens is 398 g/mol. The Morgan fingerprint density at radius 3 is 2.39 bits per heavy atom. The predicted octanol–water partition coefficient (Wildman–Crippen LogP) is 2.05. The van der Waals surface area contributed by atoms with Gasteiger partial charge in [0.05, 0.1) is 30.7 Å². The first kappa shape index (κ1) is 19.5. The van der Waals surface area contributed by atoms with Gasteiger partial charge in [-0.25, -0.2) is 4.68 Å². The number of amides is 2. The van der Waals surface area contributed by atoms with Gasteiger partial charge in [0.2, 0.25) is 0 Å². The second-order valence-corrected chi connectivity index (χ2v) is 7.87. The summed E-state index contributed by atoms with van der Waals surface area (Å²) in [7, 11) is 0. The zero-order valence-electron chi connectivity index (χ0n) is 17.2. The molecule has 3 aromatic rings. The van der Waals surface area contributed by atoms with E-state index < -0.39 is 0 Å². The number of fused-ring (bicyclic) bond motifs is 1. The Bertz CT molecular complexity index is 1080. The summed E-state index contributed by atoms with van der Waals surface area (Å²) in [5, 5.41) is 8.37. The highest BCUT2D eigenvalue weighted by Crippen LogP contribution is 2.27. The molecule has 1 saturated heterocycles. The molecule has 0 N–H and O–H groups in total. The molecule has 1 fully saturated rings. The van der Waals surface area contributed by atoms with E-state index in [2.05, 4.69) is 34.6 Å². The monoisotopic (exact) mass is 421 g/mol. The average Bonchev–Trinajstić information content (AvgIpc) is 3.49. The van der Waals surface area contributed by atoms with E-state index in [-0.39, 0.29) is 24.5 Å². The number of hydrogen-bond donors (Lipinski definition) is 0. The summed E-state index contributed by atoms with van der Waals surface area (Å²) in [6.45, 7) is 4.67. The SMILES string of the molecule is Cc1ccc([C@@H]2Cn3nnc(C(=O)N4CCN(C(=O)c5ccoc5)CC4)c3CO2)cc1. The van der Waals surface area contributed by atoms with Crippen molar-refractivity contribution in [1.82, 2.24) is 24.8 Å². The topological polar surface area (TPSA) is 93.7 Å². The summed E-state index contributed by atoms with van der Waals surface area (Å²) in [5.74, 6) is -0.258. The molecule has 9 heteroatoms. The molecule has 1 aromatic carbocycles. The molecule has 9 nitrogen and oxygen atoms in total. The molecule has 160 valence electrons. The number of piperazine rings is 1. The molecule has 1 atom stereocenters. The molecule has 2 aliphatic rings. The van der Waals surface area contributed by atoms with E-state index in [0.717, 1.165) is 5.56 Å². The molecule has 2 aromatic heterocycles. The lowest BCUT2D eigenvalue weighted by Gasteiger charge is -2.34. The number of furan rings is 1. The van der Waals surface area contributed by atoms with Crippen molar-refractivity contribution < 1.29 is 18.7 Å². The summed E-state index contributed by atoms with van der Waals surface area (Å²) in [6, 6.07) is 9.87. The predicted molar refractivity (Wildman–Crippen MR) is 109 cm³/mol. The lowest BCUT2D eigenvalue weighted by molar-refractivity contribution is -0.00203. The van der Waals surface area contributed by atoms with Crippen LogP contribution in [-0.4, -0.2) is 62.8 Å². The lowest BCUT2D eigenvalue weighted by atomic mass is 10.1. The van der Waals surface area contributed by atoms with Gasteiger partial charge in [-0.2, -0.15) is 0 Å². The first-order valence-corrected chi connectivity index (χ1v) is 10.3. The van der Waals surface area contributed by atoms with Crippen molar-refractivity contribution in [3.63, 3.8) is 0 Å². The third kappa shape index (κ3) is 3.72. The van der Waals surface area contributed by atoms with Crippen molar-refractivity contribution in [2.75, 3.05) is 26.2 Å². The number of rotatable bonds is 3. The fraction of sp³-hybridized carbons (Fsp3) is 0.364. The van der Waals surface area contributed by atoms with Crippen molar-refractivity contribution in [3.8, 4) is 0 Å². The fourth-order valence-corrected chi connectivity index (χ4v) is 3.99. The van der Waals surface area contributed by atoms with Crippen LogP contribution in [-0.2, 0) is 17.9 Å². The van der Waals surface area contributed by atoms with E-state index in [0.29, 0.717) is 49.7 Å². The number of hydrogen-bond acceptors (Lipinski definition) is 6. The van der Waals surface area contributed by atoms with Gasteiger partial charge in [0.25, 0.3) is 11.8 Å². The standard InChI is InChI=1S/C22H23N5O4/c1-15-2-4-16(5-3-15)19-12-27-18(14-31-19)20(23-24-27)22(29)26-9-7-25(8-10-26)21(28)17-6-11-30-13-17/h2-6,11,13,19H,7-10,12,14H2,1H3/t19-/m0/s1. The quantitative estimate of drug-likeness (QED) is 0.643. The molecule has 2 amide bonds. The van der Waals surface area contributed by atoms with Gasteiger partial charge in [0, 0.05) is 26.2 Å². The largest absolute Gasteiger partial charge is 0.472 e. The second-order valence-electron chi connectivity index (χ2n) is 7.87. The van der Waals surface area contributed by atoms with Crippen molar-refractivity contribution in [2.24, 2.45) is 0 Å². The summed E-state index contributed by atoms with van der Waals surface area (Å²) in [6.07, 6.45) is 2.80. The van der Waals surface area contributed by atoms with E-state index >= 15 is 0 Å². The molecule has 5 rings (SSSR count). The number of aromatic nitrogens is 3. The molecular formula is C22H23N5O4.